The molecule has 0 radical (unpaired) electrons. The molecule has 1 heterocycles. The van der Waals surface area contributed by atoms with Crippen LogP contribution in [-0.2, 0) is 11.3 Å². The van der Waals surface area contributed by atoms with Crippen molar-refractivity contribution in [1.29, 1.82) is 0 Å². The first kappa shape index (κ1) is 15.3. The number of aliphatic hydroxyl groups excluding tert-OH is 1. The summed E-state index contributed by atoms with van der Waals surface area (Å²) in [5.41, 5.74) is 1.02. The highest BCUT2D eigenvalue weighted by molar-refractivity contribution is 6.30. The Hall–Kier alpha value is -1.10. The molecule has 1 aliphatic heterocycles. The summed E-state index contributed by atoms with van der Waals surface area (Å²) in [7, 11) is 0. The van der Waals surface area contributed by atoms with Gasteiger partial charge in [-0.3, -0.25) is 9.69 Å². The highest BCUT2D eigenvalue weighted by Crippen LogP contribution is 2.16. The summed E-state index contributed by atoms with van der Waals surface area (Å²) in [5.74, 6) is 0.310. The highest BCUT2D eigenvalue weighted by atomic mass is 35.5. The van der Waals surface area contributed by atoms with Gasteiger partial charge in [0.2, 0.25) is 5.91 Å². The molecule has 0 spiro atoms. The van der Waals surface area contributed by atoms with Gasteiger partial charge in [-0.05, 0) is 36.6 Å². The third-order valence-corrected chi connectivity index (χ3v) is 4.02. The molecule has 2 rings (SSSR count). The SMILES string of the molecule is CC1CCN(CC(=O)NCc2ccc(Cl)cc2)CC1O. The number of nitrogens with zero attached hydrogens (tertiary/aromatic N) is 1. The van der Waals surface area contributed by atoms with Gasteiger partial charge in [0, 0.05) is 18.1 Å². The van der Waals surface area contributed by atoms with Crippen LogP contribution in [0.15, 0.2) is 24.3 Å². The molecule has 110 valence electrons. The predicted molar refractivity (Wildman–Crippen MR) is 79.5 cm³/mol. The molecule has 1 aromatic rings. The van der Waals surface area contributed by atoms with Crippen molar-refractivity contribution in [2.24, 2.45) is 5.92 Å². The Morgan fingerprint density at radius 1 is 1.45 bits per heavy atom. The van der Waals surface area contributed by atoms with Crippen LogP contribution >= 0.6 is 11.6 Å². The molecule has 0 bridgehead atoms. The zero-order valence-electron chi connectivity index (χ0n) is 11.7. The first-order valence-electron chi connectivity index (χ1n) is 6.96. The van der Waals surface area contributed by atoms with E-state index in [1.54, 1.807) is 0 Å². The maximum absolute atomic E-state index is 11.9. The van der Waals surface area contributed by atoms with E-state index in [2.05, 4.69) is 5.32 Å². The van der Waals surface area contributed by atoms with Crippen LogP contribution in [-0.4, -0.2) is 41.7 Å². The monoisotopic (exact) mass is 296 g/mol. The summed E-state index contributed by atoms with van der Waals surface area (Å²) in [4.78, 5) is 13.9. The van der Waals surface area contributed by atoms with E-state index in [1.807, 2.05) is 36.1 Å². The van der Waals surface area contributed by atoms with Crippen LogP contribution < -0.4 is 5.32 Å². The lowest BCUT2D eigenvalue weighted by Crippen LogP contribution is -2.46. The Bertz CT molecular complexity index is 450. The van der Waals surface area contributed by atoms with E-state index in [-0.39, 0.29) is 12.0 Å². The van der Waals surface area contributed by atoms with E-state index in [1.165, 1.54) is 0 Å². The number of aliphatic hydroxyl groups is 1. The van der Waals surface area contributed by atoms with Crippen LogP contribution in [0, 0.1) is 5.92 Å². The van der Waals surface area contributed by atoms with Crippen LogP contribution in [0.2, 0.25) is 5.02 Å². The number of nitrogens with one attached hydrogen (secondary N) is 1. The third-order valence-electron chi connectivity index (χ3n) is 3.77. The van der Waals surface area contributed by atoms with Gasteiger partial charge in [0.15, 0.2) is 0 Å². The van der Waals surface area contributed by atoms with Crippen molar-refractivity contribution in [2.75, 3.05) is 19.6 Å². The molecular formula is C15H21ClN2O2. The third kappa shape index (κ3) is 4.47. The van der Waals surface area contributed by atoms with Gasteiger partial charge in [0.25, 0.3) is 0 Å². The van der Waals surface area contributed by atoms with Gasteiger partial charge in [-0.2, -0.15) is 0 Å². The Labute approximate surface area is 124 Å². The Morgan fingerprint density at radius 2 is 2.15 bits per heavy atom. The van der Waals surface area contributed by atoms with Crippen molar-refractivity contribution in [3.63, 3.8) is 0 Å². The predicted octanol–water partition coefficient (Wildman–Crippen LogP) is 1.66. The van der Waals surface area contributed by atoms with Crippen molar-refractivity contribution >= 4 is 17.5 Å². The van der Waals surface area contributed by atoms with Gasteiger partial charge >= 0.3 is 0 Å². The number of benzene rings is 1. The molecule has 1 amide bonds. The van der Waals surface area contributed by atoms with E-state index in [0.29, 0.717) is 30.6 Å². The standard InChI is InChI=1S/C15H21ClN2O2/c1-11-6-7-18(9-14(11)19)10-15(20)17-8-12-2-4-13(16)5-3-12/h2-5,11,14,19H,6-10H2,1H3,(H,17,20). The van der Waals surface area contributed by atoms with E-state index in [0.717, 1.165) is 18.5 Å². The summed E-state index contributed by atoms with van der Waals surface area (Å²) in [6, 6.07) is 7.42. The van der Waals surface area contributed by atoms with E-state index >= 15 is 0 Å². The molecule has 0 saturated carbocycles. The minimum absolute atomic E-state index is 0.0123. The number of hydrogen-bond acceptors (Lipinski definition) is 3. The van der Waals surface area contributed by atoms with E-state index in [9.17, 15) is 9.90 Å². The summed E-state index contributed by atoms with van der Waals surface area (Å²) in [6.07, 6.45) is 0.610. The Morgan fingerprint density at radius 3 is 2.80 bits per heavy atom. The Kier molecular flexibility index (Phi) is 5.40. The Balaban J connectivity index is 1.74. The number of halogens is 1. The summed E-state index contributed by atoms with van der Waals surface area (Å²) in [6.45, 7) is 4.34. The maximum atomic E-state index is 11.9. The van der Waals surface area contributed by atoms with E-state index in [4.69, 9.17) is 11.6 Å². The van der Waals surface area contributed by atoms with Gasteiger partial charge in [-0.15, -0.1) is 0 Å². The quantitative estimate of drug-likeness (QED) is 0.888. The number of β-amino-alcohol motifs (C(OH)–C–C–N with tert-alkyl or cyclic N) is 1. The van der Waals surface area contributed by atoms with Gasteiger partial charge in [-0.1, -0.05) is 30.7 Å². The topological polar surface area (TPSA) is 52.6 Å². The number of carbonyl (C=O) groups excluding carboxylic acids is 1. The highest BCUT2D eigenvalue weighted by Gasteiger charge is 2.25. The van der Waals surface area contributed by atoms with Crippen molar-refractivity contribution in [2.45, 2.75) is 26.0 Å². The summed E-state index contributed by atoms with van der Waals surface area (Å²) >= 11 is 5.81. The average molecular weight is 297 g/mol. The first-order chi connectivity index (χ1) is 9.54. The number of amides is 1. The maximum Gasteiger partial charge on any atom is 0.234 e. The number of carbonyl (C=O) groups is 1. The van der Waals surface area contributed by atoms with Gasteiger partial charge in [-0.25, -0.2) is 0 Å². The molecule has 2 atom stereocenters. The molecule has 4 nitrogen and oxygen atoms in total. The second kappa shape index (κ2) is 7.07. The second-order valence-corrected chi connectivity index (χ2v) is 5.91. The largest absolute Gasteiger partial charge is 0.392 e. The zero-order valence-corrected chi connectivity index (χ0v) is 12.4. The van der Waals surface area contributed by atoms with Gasteiger partial charge in [0.05, 0.1) is 12.6 Å². The van der Waals surface area contributed by atoms with Crippen molar-refractivity contribution in [1.82, 2.24) is 10.2 Å². The van der Waals surface area contributed by atoms with Gasteiger partial charge < -0.3 is 10.4 Å². The molecule has 5 heteroatoms. The molecule has 1 aliphatic rings. The van der Waals surface area contributed by atoms with Crippen LogP contribution in [0.1, 0.15) is 18.9 Å². The fourth-order valence-corrected chi connectivity index (χ4v) is 2.45. The zero-order chi connectivity index (χ0) is 14.5. The number of hydrogen-bond donors (Lipinski definition) is 2. The van der Waals surface area contributed by atoms with Crippen molar-refractivity contribution in [3.8, 4) is 0 Å². The molecule has 2 N–H and O–H groups in total. The summed E-state index contributed by atoms with van der Waals surface area (Å²) in [5, 5.41) is 13.4. The molecule has 1 fully saturated rings. The molecule has 1 aromatic carbocycles. The first-order valence-corrected chi connectivity index (χ1v) is 7.34. The fraction of sp³-hybridized carbons (Fsp3) is 0.533. The number of rotatable bonds is 4. The van der Waals surface area contributed by atoms with Crippen LogP contribution in [0.25, 0.3) is 0 Å². The molecule has 2 unspecified atom stereocenters. The smallest absolute Gasteiger partial charge is 0.234 e. The molecule has 20 heavy (non-hydrogen) atoms. The van der Waals surface area contributed by atoms with Crippen LogP contribution in [0.3, 0.4) is 0 Å². The average Bonchev–Trinajstić information content (AvgIpc) is 2.42. The molecular weight excluding hydrogens is 276 g/mol. The van der Waals surface area contributed by atoms with Gasteiger partial charge in [0.1, 0.15) is 0 Å². The summed E-state index contributed by atoms with van der Waals surface area (Å²) < 4.78 is 0. The van der Waals surface area contributed by atoms with Crippen molar-refractivity contribution < 1.29 is 9.90 Å². The second-order valence-electron chi connectivity index (χ2n) is 5.47. The molecule has 0 aromatic heterocycles. The van der Waals surface area contributed by atoms with Crippen LogP contribution in [0.5, 0.6) is 0 Å². The van der Waals surface area contributed by atoms with Crippen molar-refractivity contribution in [3.05, 3.63) is 34.9 Å². The van der Waals surface area contributed by atoms with Crippen LogP contribution in [0.4, 0.5) is 0 Å². The minimum Gasteiger partial charge on any atom is -0.392 e. The molecule has 0 aliphatic carbocycles. The lowest BCUT2D eigenvalue weighted by atomic mass is 9.96. The minimum atomic E-state index is -0.326. The number of likely N-dealkylation sites (tertiary alicyclic amines) is 1. The fourth-order valence-electron chi connectivity index (χ4n) is 2.32. The lowest BCUT2D eigenvalue weighted by molar-refractivity contribution is -0.123. The van der Waals surface area contributed by atoms with E-state index < -0.39 is 0 Å². The normalized spacial score (nSPS) is 23.6. The lowest BCUT2D eigenvalue weighted by Gasteiger charge is -2.33. The molecule has 1 saturated heterocycles. The number of piperidine rings is 1.